The molecule has 0 unspecified atom stereocenters. The second-order valence-electron chi connectivity index (χ2n) is 5.52. The number of aromatic carboxylic acids is 1. The summed E-state index contributed by atoms with van der Waals surface area (Å²) in [5.41, 5.74) is 1.45. The molecule has 0 saturated carbocycles. The van der Waals surface area contributed by atoms with Gasteiger partial charge < -0.3 is 5.11 Å². The van der Waals surface area contributed by atoms with Gasteiger partial charge in [-0.25, -0.2) is 9.78 Å². The first-order valence-corrected chi connectivity index (χ1v) is 8.14. The molecule has 0 radical (unpaired) electrons. The van der Waals surface area contributed by atoms with Crippen molar-refractivity contribution in [3.8, 4) is 0 Å². The van der Waals surface area contributed by atoms with Crippen LogP contribution in [0.4, 0.5) is 0 Å². The van der Waals surface area contributed by atoms with Gasteiger partial charge in [-0.15, -0.1) is 23.1 Å². The quantitative estimate of drug-likeness (QED) is 0.849. The molecule has 0 amide bonds. The van der Waals surface area contributed by atoms with Crippen molar-refractivity contribution < 1.29 is 9.90 Å². The summed E-state index contributed by atoms with van der Waals surface area (Å²) in [6.45, 7) is 6.46. The summed E-state index contributed by atoms with van der Waals surface area (Å²) >= 11 is 3.29. The number of hydrogen-bond acceptors (Lipinski definition) is 4. The Bertz CT molecular complexity index is 614. The molecule has 0 bridgehead atoms. The topological polar surface area (TPSA) is 50.2 Å². The number of carboxylic acid groups (broad SMARTS) is 1. The van der Waals surface area contributed by atoms with Gasteiger partial charge in [-0.1, -0.05) is 26.8 Å². The van der Waals surface area contributed by atoms with Crippen molar-refractivity contribution >= 4 is 29.1 Å². The van der Waals surface area contributed by atoms with Gasteiger partial charge >= 0.3 is 5.97 Å². The predicted molar refractivity (Wildman–Crippen MR) is 83.8 cm³/mol. The summed E-state index contributed by atoms with van der Waals surface area (Å²) in [7, 11) is 0. The van der Waals surface area contributed by atoms with E-state index < -0.39 is 5.97 Å². The van der Waals surface area contributed by atoms with Gasteiger partial charge in [0, 0.05) is 21.4 Å². The third-order valence-corrected chi connectivity index (χ3v) is 5.01. The van der Waals surface area contributed by atoms with Gasteiger partial charge in [-0.05, 0) is 18.2 Å². The van der Waals surface area contributed by atoms with Crippen molar-refractivity contribution in [2.24, 2.45) is 0 Å². The summed E-state index contributed by atoms with van der Waals surface area (Å²) in [5, 5.41) is 12.2. The highest BCUT2D eigenvalue weighted by Crippen LogP contribution is 2.29. The van der Waals surface area contributed by atoms with Crippen molar-refractivity contribution in [2.45, 2.75) is 36.8 Å². The average Bonchev–Trinajstić information content (AvgIpc) is 2.85. The molecule has 0 aliphatic carbocycles. The van der Waals surface area contributed by atoms with E-state index in [9.17, 15) is 4.79 Å². The largest absolute Gasteiger partial charge is 0.478 e. The standard InChI is InChI=1S/C15H17NO2S2/c1-15(2,3)14-16-11(9-20-14)8-19-12-6-4-5-10(7-12)13(17)18/h4-7,9H,8H2,1-3H3,(H,17,18). The second kappa shape index (κ2) is 5.97. The third kappa shape index (κ3) is 3.84. The SMILES string of the molecule is CC(C)(C)c1nc(CSc2cccc(C(=O)O)c2)cs1. The maximum atomic E-state index is 10.9. The molecule has 3 nitrogen and oxygen atoms in total. The first-order chi connectivity index (χ1) is 9.36. The average molecular weight is 307 g/mol. The summed E-state index contributed by atoms with van der Waals surface area (Å²) in [4.78, 5) is 16.5. The number of thiazole rings is 1. The van der Waals surface area contributed by atoms with Crippen LogP contribution in [0.5, 0.6) is 0 Å². The minimum absolute atomic E-state index is 0.0802. The molecular formula is C15H17NO2S2. The van der Waals surface area contributed by atoms with Gasteiger partial charge in [0.2, 0.25) is 0 Å². The van der Waals surface area contributed by atoms with Gasteiger partial charge in [-0.2, -0.15) is 0 Å². The lowest BCUT2D eigenvalue weighted by Crippen LogP contribution is -2.10. The van der Waals surface area contributed by atoms with Gasteiger partial charge in [0.05, 0.1) is 16.3 Å². The molecule has 0 saturated heterocycles. The van der Waals surface area contributed by atoms with Crippen LogP contribution in [-0.4, -0.2) is 16.1 Å². The smallest absolute Gasteiger partial charge is 0.335 e. The highest BCUT2D eigenvalue weighted by molar-refractivity contribution is 7.98. The molecule has 1 heterocycles. The van der Waals surface area contributed by atoms with Gasteiger partial charge in [0.15, 0.2) is 0 Å². The van der Waals surface area contributed by atoms with E-state index in [1.54, 1.807) is 41.3 Å². The Morgan fingerprint density at radius 2 is 2.15 bits per heavy atom. The summed E-state index contributed by atoms with van der Waals surface area (Å²) in [5.74, 6) is -0.133. The van der Waals surface area contributed by atoms with E-state index in [-0.39, 0.29) is 5.41 Å². The number of hydrogen-bond donors (Lipinski definition) is 1. The van der Waals surface area contributed by atoms with E-state index in [2.05, 4.69) is 31.1 Å². The molecule has 106 valence electrons. The van der Waals surface area contributed by atoms with E-state index in [1.807, 2.05) is 6.07 Å². The Hall–Kier alpha value is -1.33. The molecule has 0 spiro atoms. The second-order valence-corrected chi connectivity index (χ2v) is 7.42. The van der Waals surface area contributed by atoms with Crippen molar-refractivity contribution in [3.63, 3.8) is 0 Å². The van der Waals surface area contributed by atoms with Crippen molar-refractivity contribution in [2.75, 3.05) is 0 Å². The zero-order chi connectivity index (χ0) is 14.8. The maximum Gasteiger partial charge on any atom is 0.335 e. The Morgan fingerprint density at radius 3 is 2.75 bits per heavy atom. The molecule has 1 aromatic carbocycles. The summed E-state index contributed by atoms with van der Waals surface area (Å²) in [6, 6.07) is 7.00. The van der Waals surface area contributed by atoms with Crippen molar-refractivity contribution in [3.05, 3.63) is 45.9 Å². The molecule has 0 aliphatic heterocycles. The number of thioether (sulfide) groups is 1. The van der Waals surface area contributed by atoms with Crippen LogP contribution in [-0.2, 0) is 11.2 Å². The molecule has 2 aromatic rings. The van der Waals surface area contributed by atoms with Crippen LogP contribution in [0.15, 0.2) is 34.5 Å². The van der Waals surface area contributed by atoms with Crippen LogP contribution in [0.25, 0.3) is 0 Å². The molecule has 5 heteroatoms. The molecule has 0 atom stereocenters. The summed E-state index contributed by atoms with van der Waals surface area (Å²) < 4.78 is 0. The number of carboxylic acids is 1. The van der Waals surface area contributed by atoms with Gasteiger partial charge in [0.1, 0.15) is 0 Å². The monoisotopic (exact) mass is 307 g/mol. The molecule has 1 N–H and O–H groups in total. The van der Waals surface area contributed by atoms with E-state index in [1.165, 1.54) is 0 Å². The maximum absolute atomic E-state index is 10.9. The number of aromatic nitrogens is 1. The number of benzene rings is 1. The Kier molecular flexibility index (Phi) is 4.50. The fourth-order valence-electron chi connectivity index (χ4n) is 1.59. The lowest BCUT2D eigenvalue weighted by Gasteiger charge is -2.13. The Morgan fingerprint density at radius 1 is 1.40 bits per heavy atom. The Balaban J connectivity index is 2.04. The molecule has 0 aliphatic rings. The van der Waals surface area contributed by atoms with Gasteiger partial charge in [0.25, 0.3) is 0 Å². The lowest BCUT2D eigenvalue weighted by molar-refractivity contribution is 0.0696. The van der Waals surface area contributed by atoms with Crippen LogP contribution >= 0.6 is 23.1 Å². The van der Waals surface area contributed by atoms with Crippen LogP contribution in [0.1, 0.15) is 41.8 Å². The van der Waals surface area contributed by atoms with E-state index in [0.29, 0.717) is 5.56 Å². The molecule has 0 fully saturated rings. The van der Waals surface area contributed by atoms with Crippen LogP contribution in [0, 0.1) is 0 Å². The summed E-state index contributed by atoms with van der Waals surface area (Å²) in [6.07, 6.45) is 0. The van der Waals surface area contributed by atoms with Crippen molar-refractivity contribution in [1.82, 2.24) is 4.98 Å². The minimum Gasteiger partial charge on any atom is -0.478 e. The van der Waals surface area contributed by atoms with E-state index in [4.69, 9.17) is 5.11 Å². The number of nitrogens with zero attached hydrogens (tertiary/aromatic N) is 1. The highest BCUT2D eigenvalue weighted by atomic mass is 32.2. The molecule has 2 rings (SSSR count). The number of carbonyl (C=O) groups is 1. The fourth-order valence-corrected chi connectivity index (χ4v) is 3.45. The zero-order valence-electron chi connectivity index (χ0n) is 11.7. The van der Waals surface area contributed by atoms with Crippen LogP contribution < -0.4 is 0 Å². The van der Waals surface area contributed by atoms with Crippen LogP contribution in [0.2, 0.25) is 0 Å². The molecular weight excluding hydrogens is 290 g/mol. The molecule has 1 aromatic heterocycles. The third-order valence-electron chi connectivity index (χ3n) is 2.66. The predicted octanol–water partition coefficient (Wildman–Crippen LogP) is 4.43. The van der Waals surface area contributed by atoms with Gasteiger partial charge in [-0.3, -0.25) is 0 Å². The normalized spacial score (nSPS) is 11.6. The van der Waals surface area contributed by atoms with Crippen molar-refractivity contribution in [1.29, 1.82) is 0 Å². The Labute approximate surface area is 127 Å². The fraction of sp³-hybridized carbons (Fsp3) is 0.333. The molecule has 20 heavy (non-hydrogen) atoms. The zero-order valence-corrected chi connectivity index (χ0v) is 13.3. The van der Waals surface area contributed by atoms with Crippen LogP contribution in [0.3, 0.4) is 0 Å². The first kappa shape index (κ1) is 15.1. The van der Waals surface area contributed by atoms with E-state index in [0.717, 1.165) is 21.3 Å². The first-order valence-electron chi connectivity index (χ1n) is 6.27. The minimum atomic E-state index is -0.892. The lowest BCUT2D eigenvalue weighted by atomic mass is 9.98. The highest BCUT2D eigenvalue weighted by Gasteiger charge is 2.17. The number of rotatable bonds is 4. The van der Waals surface area contributed by atoms with E-state index >= 15 is 0 Å².